The smallest absolute Gasteiger partial charge is 0.287 e. The van der Waals surface area contributed by atoms with Gasteiger partial charge in [0.05, 0.1) is 0 Å². The zero-order valence-corrected chi connectivity index (χ0v) is 10.0. The molecule has 0 radical (unpaired) electrons. The summed E-state index contributed by atoms with van der Waals surface area (Å²) in [6, 6.07) is 3.41. The Morgan fingerprint density at radius 2 is 2.25 bits per heavy atom. The number of rotatable bonds is 5. The van der Waals surface area contributed by atoms with E-state index in [0.717, 1.165) is 6.42 Å². The summed E-state index contributed by atoms with van der Waals surface area (Å²) in [6.45, 7) is 5.74. The molecular weight excluding hydrogens is 206 g/mol. The standard InChI is InChI=1S/C12H19NO3/c1-4-12(3,7-8-14)13-11(15)10-6-5-9(2)16-10/h5-6,14H,4,7-8H2,1-3H3,(H,13,15). The maximum atomic E-state index is 11.8. The summed E-state index contributed by atoms with van der Waals surface area (Å²) in [5.41, 5.74) is -0.382. The average molecular weight is 225 g/mol. The predicted molar refractivity (Wildman–Crippen MR) is 61.3 cm³/mol. The summed E-state index contributed by atoms with van der Waals surface area (Å²) < 4.78 is 5.24. The molecule has 1 amide bonds. The molecule has 0 aromatic carbocycles. The average Bonchev–Trinajstić information content (AvgIpc) is 2.65. The Hall–Kier alpha value is -1.29. The monoisotopic (exact) mass is 225 g/mol. The maximum absolute atomic E-state index is 11.8. The van der Waals surface area contributed by atoms with Crippen LogP contribution >= 0.6 is 0 Å². The maximum Gasteiger partial charge on any atom is 0.287 e. The van der Waals surface area contributed by atoms with Crippen LogP contribution in [-0.2, 0) is 0 Å². The quantitative estimate of drug-likeness (QED) is 0.804. The molecule has 1 heterocycles. The highest BCUT2D eigenvalue weighted by molar-refractivity contribution is 5.92. The zero-order chi connectivity index (χ0) is 12.2. The van der Waals surface area contributed by atoms with Crippen LogP contribution in [0.15, 0.2) is 16.5 Å². The van der Waals surface area contributed by atoms with E-state index in [4.69, 9.17) is 9.52 Å². The third-order valence-corrected chi connectivity index (χ3v) is 2.82. The van der Waals surface area contributed by atoms with E-state index in [9.17, 15) is 4.79 Å². The molecule has 1 aromatic heterocycles. The molecule has 4 nitrogen and oxygen atoms in total. The first-order valence-electron chi connectivity index (χ1n) is 5.50. The van der Waals surface area contributed by atoms with Crippen molar-refractivity contribution in [3.8, 4) is 0 Å². The van der Waals surface area contributed by atoms with Crippen LogP contribution < -0.4 is 5.32 Å². The van der Waals surface area contributed by atoms with E-state index in [1.165, 1.54) is 0 Å². The van der Waals surface area contributed by atoms with Crippen LogP contribution in [0.25, 0.3) is 0 Å². The summed E-state index contributed by atoms with van der Waals surface area (Å²) in [7, 11) is 0. The van der Waals surface area contributed by atoms with Gasteiger partial charge in [-0.05, 0) is 38.8 Å². The highest BCUT2D eigenvalue weighted by Gasteiger charge is 2.25. The first kappa shape index (κ1) is 12.8. The van der Waals surface area contributed by atoms with Crippen molar-refractivity contribution in [2.24, 2.45) is 0 Å². The van der Waals surface area contributed by atoms with Crippen molar-refractivity contribution in [1.82, 2.24) is 5.32 Å². The molecule has 4 heteroatoms. The summed E-state index contributed by atoms with van der Waals surface area (Å²) in [5, 5.41) is 11.8. The minimum Gasteiger partial charge on any atom is -0.456 e. The summed E-state index contributed by atoms with van der Waals surface area (Å²) >= 11 is 0. The molecule has 90 valence electrons. The number of hydrogen-bond donors (Lipinski definition) is 2. The van der Waals surface area contributed by atoms with Gasteiger partial charge in [0.2, 0.25) is 0 Å². The molecule has 0 aliphatic carbocycles. The Bertz CT molecular complexity index is 359. The molecule has 16 heavy (non-hydrogen) atoms. The van der Waals surface area contributed by atoms with E-state index in [2.05, 4.69) is 5.32 Å². The number of amides is 1. The predicted octanol–water partition coefficient (Wildman–Crippen LogP) is 1.87. The second-order valence-corrected chi connectivity index (χ2v) is 4.25. The fourth-order valence-corrected chi connectivity index (χ4v) is 1.47. The minimum atomic E-state index is -0.382. The zero-order valence-electron chi connectivity index (χ0n) is 10.0. The Kier molecular flexibility index (Phi) is 4.12. The van der Waals surface area contributed by atoms with E-state index in [-0.39, 0.29) is 18.1 Å². The summed E-state index contributed by atoms with van der Waals surface area (Å²) in [5.74, 6) is 0.798. The SMILES string of the molecule is CCC(C)(CCO)NC(=O)c1ccc(C)o1. The summed E-state index contributed by atoms with van der Waals surface area (Å²) in [6.07, 6.45) is 1.30. The van der Waals surface area contributed by atoms with E-state index < -0.39 is 0 Å². The number of carbonyl (C=O) groups is 1. The lowest BCUT2D eigenvalue weighted by atomic mass is 9.95. The number of furan rings is 1. The molecule has 1 aromatic rings. The van der Waals surface area contributed by atoms with Crippen molar-refractivity contribution < 1.29 is 14.3 Å². The number of aliphatic hydroxyl groups excluding tert-OH is 1. The van der Waals surface area contributed by atoms with Gasteiger partial charge in [0.15, 0.2) is 5.76 Å². The molecule has 0 fully saturated rings. The normalized spacial score (nSPS) is 14.5. The van der Waals surface area contributed by atoms with Crippen molar-refractivity contribution in [2.75, 3.05) is 6.61 Å². The molecule has 0 saturated heterocycles. The molecule has 0 aliphatic rings. The molecular formula is C12H19NO3. The Morgan fingerprint density at radius 1 is 1.56 bits per heavy atom. The highest BCUT2D eigenvalue weighted by Crippen LogP contribution is 2.15. The van der Waals surface area contributed by atoms with Crippen LogP contribution in [0.5, 0.6) is 0 Å². The van der Waals surface area contributed by atoms with Gasteiger partial charge in [0.1, 0.15) is 5.76 Å². The van der Waals surface area contributed by atoms with Crippen LogP contribution in [0.2, 0.25) is 0 Å². The van der Waals surface area contributed by atoms with Gasteiger partial charge in [-0.2, -0.15) is 0 Å². The van der Waals surface area contributed by atoms with Crippen LogP contribution in [-0.4, -0.2) is 23.2 Å². The fourth-order valence-electron chi connectivity index (χ4n) is 1.47. The first-order valence-corrected chi connectivity index (χ1v) is 5.50. The second-order valence-electron chi connectivity index (χ2n) is 4.25. The van der Waals surface area contributed by atoms with Gasteiger partial charge in [-0.15, -0.1) is 0 Å². The van der Waals surface area contributed by atoms with Gasteiger partial charge in [-0.25, -0.2) is 0 Å². The first-order chi connectivity index (χ1) is 7.50. The van der Waals surface area contributed by atoms with Crippen molar-refractivity contribution in [1.29, 1.82) is 0 Å². The van der Waals surface area contributed by atoms with Gasteiger partial charge in [0.25, 0.3) is 5.91 Å². The highest BCUT2D eigenvalue weighted by atomic mass is 16.3. The van der Waals surface area contributed by atoms with Gasteiger partial charge in [0, 0.05) is 12.1 Å². The van der Waals surface area contributed by atoms with Crippen molar-refractivity contribution in [3.63, 3.8) is 0 Å². The van der Waals surface area contributed by atoms with Gasteiger partial charge >= 0.3 is 0 Å². The van der Waals surface area contributed by atoms with E-state index in [1.54, 1.807) is 19.1 Å². The third kappa shape index (κ3) is 3.10. The lowest BCUT2D eigenvalue weighted by Crippen LogP contribution is -2.46. The van der Waals surface area contributed by atoms with E-state index in [1.807, 2.05) is 13.8 Å². The number of aryl methyl sites for hydroxylation is 1. The fraction of sp³-hybridized carbons (Fsp3) is 0.583. The van der Waals surface area contributed by atoms with E-state index >= 15 is 0 Å². The molecule has 1 atom stereocenters. The number of nitrogens with one attached hydrogen (secondary N) is 1. The van der Waals surface area contributed by atoms with Crippen molar-refractivity contribution >= 4 is 5.91 Å². The molecule has 0 saturated carbocycles. The molecule has 2 N–H and O–H groups in total. The van der Waals surface area contributed by atoms with Crippen molar-refractivity contribution in [3.05, 3.63) is 23.7 Å². The lowest BCUT2D eigenvalue weighted by molar-refractivity contribution is 0.0856. The molecule has 1 unspecified atom stereocenters. The minimum absolute atomic E-state index is 0.0573. The van der Waals surface area contributed by atoms with Crippen LogP contribution in [0, 0.1) is 6.92 Å². The van der Waals surface area contributed by atoms with Crippen LogP contribution in [0.1, 0.15) is 43.0 Å². The molecule has 0 bridgehead atoms. The second kappa shape index (κ2) is 5.16. The van der Waals surface area contributed by atoms with E-state index in [0.29, 0.717) is 17.9 Å². The van der Waals surface area contributed by atoms with Gasteiger partial charge in [-0.3, -0.25) is 4.79 Å². The van der Waals surface area contributed by atoms with Crippen molar-refractivity contribution in [2.45, 2.75) is 39.2 Å². The summed E-state index contributed by atoms with van der Waals surface area (Å²) in [4.78, 5) is 11.8. The van der Waals surface area contributed by atoms with Gasteiger partial charge in [-0.1, -0.05) is 6.92 Å². The molecule has 0 aliphatic heterocycles. The van der Waals surface area contributed by atoms with Gasteiger partial charge < -0.3 is 14.8 Å². The Balaban J connectivity index is 2.69. The molecule has 1 rings (SSSR count). The van der Waals surface area contributed by atoms with Crippen LogP contribution in [0.3, 0.4) is 0 Å². The number of aliphatic hydroxyl groups is 1. The Labute approximate surface area is 95.7 Å². The third-order valence-electron chi connectivity index (χ3n) is 2.82. The largest absolute Gasteiger partial charge is 0.456 e. The lowest BCUT2D eigenvalue weighted by Gasteiger charge is -2.28. The Morgan fingerprint density at radius 3 is 2.69 bits per heavy atom. The topological polar surface area (TPSA) is 62.5 Å². The number of carbonyl (C=O) groups excluding carboxylic acids is 1. The molecule has 0 spiro atoms. The van der Waals surface area contributed by atoms with Crippen LogP contribution in [0.4, 0.5) is 0 Å². The number of hydrogen-bond acceptors (Lipinski definition) is 3.